The van der Waals surface area contributed by atoms with E-state index in [4.69, 9.17) is 0 Å². The van der Waals surface area contributed by atoms with Gasteiger partial charge in [0, 0.05) is 30.6 Å². The SMILES string of the molecule is CC(C)C(=O)N(C)c1ccc(CCNc2ncnc3ccc(F)cc23)cc1. The Morgan fingerprint density at radius 1 is 1.15 bits per heavy atom. The van der Waals surface area contributed by atoms with Gasteiger partial charge in [-0.15, -0.1) is 0 Å². The summed E-state index contributed by atoms with van der Waals surface area (Å²) in [6.07, 6.45) is 2.25. The van der Waals surface area contributed by atoms with E-state index in [1.807, 2.05) is 38.1 Å². The molecule has 0 saturated carbocycles. The summed E-state index contributed by atoms with van der Waals surface area (Å²) in [6.45, 7) is 4.44. The van der Waals surface area contributed by atoms with Crippen LogP contribution in [0.1, 0.15) is 19.4 Å². The first-order chi connectivity index (χ1) is 13.0. The molecule has 3 aromatic rings. The summed E-state index contributed by atoms with van der Waals surface area (Å²) in [7, 11) is 1.79. The second kappa shape index (κ2) is 8.12. The number of carbonyl (C=O) groups is 1. The van der Waals surface area contributed by atoms with Crippen molar-refractivity contribution in [2.75, 3.05) is 23.8 Å². The van der Waals surface area contributed by atoms with Gasteiger partial charge in [0.1, 0.15) is 18.0 Å². The zero-order chi connectivity index (χ0) is 19.4. The van der Waals surface area contributed by atoms with Crippen molar-refractivity contribution in [1.82, 2.24) is 9.97 Å². The molecule has 2 aromatic carbocycles. The van der Waals surface area contributed by atoms with Gasteiger partial charge in [-0.1, -0.05) is 26.0 Å². The minimum atomic E-state index is -0.309. The standard InChI is InChI=1S/C21H23FN4O/c1-14(2)21(27)26(3)17-7-4-15(5-8-17)10-11-23-20-18-12-16(22)6-9-19(18)24-13-25-20/h4-9,12-14H,10-11H2,1-3H3,(H,23,24,25). The Balaban J connectivity index is 1.63. The molecule has 0 spiro atoms. The molecule has 5 nitrogen and oxygen atoms in total. The molecule has 1 amide bonds. The van der Waals surface area contributed by atoms with Gasteiger partial charge >= 0.3 is 0 Å². The van der Waals surface area contributed by atoms with Crippen molar-refractivity contribution in [3.63, 3.8) is 0 Å². The number of amides is 1. The summed E-state index contributed by atoms with van der Waals surface area (Å²) in [5, 5.41) is 3.92. The van der Waals surface area contributed by atoms with E-state index in [1.54, 1.807) is 18.0 Å². The van der Waals surface area contributed by atoms with Gasteiger partial charge in [0.2, 0.25) is 5.91 Å². The van der Waals surface area contributed by atoms with Crippen LogP contribution in [0.15, 0.2) is 48.8 Å². The molecular formula is C21H23FN4O. The maximum absolute atomic E-state index is 13.5. The molecule has 0 aliphatic heterocycles. The van der Waals surface area contributed by atoms with E-state index in [2.05, 4.69) is 15.3 Å². The Kier molecular flexibility index (Phi) is 5.64. The highest BCUT2D eigenvalue weighted by atomic mass is 19.1. The van der Waals surface area contributed by atoms with Crippen LogP contribution in [0, 0.1) is 11.7 Å². The molecule has 0 saturated heterocycles. The van der Waals surface area contributed by atoms with Crippen LogP contribution in [-0.4, -0.2) is 29.5 Å². The first kappa shape index (κ1) is 18.8. The molecule has 1 N–H and O–H groups in total. The van der Waals surface area contributed by atoms with Crippen molar-refractivity contribution in [3.8, 4) is 0 Å². The normalized spacial score (nSPS) is 11.0. The van der Waals surface area contributed by atoms with Crippen LogP contribution >= 0.6 is 0 Å². The third kappa shape index (κ3) is 4.39. The second-order valence-corrected chi connectivity index (χ2v) is 6.78. The summed E-state index contributed by atoms with van der Waals surface area (Å²) < 4.78 is 13.5. The quantitative estimate of drug-likeness (QED) is 0.715. The highest BCUT2D eigenvalue weighted by Crippen LogP contribution is 2.20. The molecular weight excluding hydrogens is 343 g/mol. The van der Waals surface area contributed by atoms with Crippen molar-refractivity contribution >= 4 is 28.3 Å². The third-order valence-electron chi connectivity index (χ3n) is 4.45. The van der Waals surface area contributed by atoms with Crippen molar-refractivity contribution in [1.29, 1.82) is 0 Å². The van der Waals surface area contributed by atoms with Crippen LogP contribution in [0.5, 0.6) is 0 Å². The second-order valence-electron chi connectivity index (χ2n) is 6.78. The Morgan fingerprint density at radius 3 is 2.59 bits per heavy atom. The van der Waals surface area contributed by atoms with Gasteiger partial charge in [-0.25, -0.2) is 14.4 Å². The number of rotatable bonds is 6. The molecule has 0 atom stereocenters. The lowest BCUT2D eigenvalue weighted by Crippen LogP contribution is -2.30. The van der Waals surface area contributed by atoms with Gasteiger partial charge in [-0.3, -0.25) is 4.79 Å². The van der Waals surface area contributed by atoms with E-state index in [0.29, 0.717) is 23.3 Å². The van der Waals surface area contributed by atoms with Crippen molar-refractivity contribution < 1.29 is 9.18 Å². The van der Waals surface area contributed by atoms with E-state index in [9.17, 15) is 9.18 Å². The molecule has 6 heteroatoms. The summed E-state index contributed by atoms with van der Waals surface area (Å²) in [5.74, 6) is 0.369. The highest BCUT2D eigenvalue weighted by Gasteiger charge is 2.14. The lowest BCUT2D eigenvalue weighted by molar-refractivity contribution is -0.121. The van der Waals surface area contributed by atoms with Crippen LogP contribution < -0.4 is 10.2 Å². The van der Waals surface area contributed by atoms with E-state index in [0.717, 1.165) is 17.7 Å². The number of fused-ring (bicyclic) bond motifs is 1. The minimum Gasteiger partial charge on any atom is -0.369 e. The molecule has 0 aliphatic rings. The number of anilines is 2. The lowest BCUT2D eigenvalue weighted by Gasteiger charge is -2.19. The molecule has 1 aromatic heterocycles. The summed E-state index contributed by atoms with van der Waals surface area (Å²) in [4.78, 5) is 22.1. The smallest absolute Gasteiger partial charge is 0.229 e. The number of nitrogens with zero attached hydrogens (tertiary/aromatic N) is 3. The maximum atomic E-state index is 13.5. The fraction of sp³-hybridized carbons (Fsp3) is 0.286. The third-order valence-corrected chi connectivity index (χ3v) is 4.45. The van der Waals surface area contributed by atoms with E-state index >= 15 is 0 Å². The predicted octanol–water partition coefficient (Wildman–Crippen LogP) is 4.04. The Morgan fingerprint density at radius 2 is 1.89 bits per heavy atom. The molecule has 0 unspecified atom stereocenters. The van der Waals surface area contributed by atoms with Gasteiger partial charge < -0.3 is 10.2 Å². The predicted molar refractivity (Wildman–Crippen MR) is 106 cm³/mol. The molecule has 0 bridgehead atoms. The number of halogens is 1. The summed E-state index contributed by atoms with van der Waals surface area (Å²) >= 11 is 0. The molecule has 0 fully saturated rings. The summed E-state index contributed by atoms with van der Waals surface area (Å²) in [6, 6.07) is 12.4. The molecule has 1 heterocycles. The molecule has 0 aliphatic carbocycles. The fourth-order valence-electron chi connectivity index (χ4n) is 2.90. The molecule has 27 heavy (non-hydrogen) atoms. The number of hydrogen-bond donors (Lipinski definition) is 1. The van der Waals surface area contributed by atoms with Gasteiger partial charge in [-0.2, -0.15) is 0 Å². The van der Waals surface area contributed by atoms with E-state index in [1.165, 1.54) is 18.5 Å². The maximum Gasteiger partial charge on any atom is 0.229 e. The largest absolute Gasteiger partial charge is 0.369 e. The average Bonchev–Trinajstić information content (AvgIpc) is 2.67. The van der Waals surface area contributed by atoms with Crippen LogP contribution in [0.25, 0.3) is 10.9 Å². The number of benzene rings is 2. The first-order valence-corrected chi connectivity index (χ1v) is 8.96. The topological polar surface area (TPSA) is 58.1 Å². The molecule has 0 radical (unpaired) electrons. The zero-order valence-electron chi connectivity index (χ0n) is 15.7. The first-order valence-electron chi connectivity index (χ1n) is 8.96. The minimum absolute atomic E-state index is 0.0357. The van der Waals surface area contributed by atoms with E-state index < -0.39 is 0 Å². The number of nitrogens with one attached hydrogen (secondary N) is 1. The Bertz CT molecular complexity index is 941. The fourth-order valence-corrected chi connectivity index (χ4v) is 2.90. The van der Waals surface area contributed by atoms with Crippen molar-refractivity contribution in [2.45, 2.75) is 20.3 Å². The zero-order valence-corrected chi connectivity index (χ0v) is 15.7. The van der Waals surface area contributed by atoms with Crippen LogP contribution in [0.3, 0.4) is 0 Å². The van der Waals surface area contributed by atoms with Gasteiger partial charge in [0.05, 0.1) is 5.52 Å². The van der Waals surface area contributed by atoms with Crippen LogP contribution in [-0.2, 0) is 11.2 Å². The average molecular weight is 366 g/mol. The van der Waals surface area contributed by atoms with Crippen LogP contribution in [0.2, 0.25) is 0 Å². The monoisotopic (exact) mass is 366 g/mol. The van der Waals surface area contributed by atoms with Gasteiger partial charge in [0.15, 0.2) is 0 Å². The molecule has 140 valence electrons. The lowest BCUT2D eigenvalue weighted by atomic mass is 10.1. The Hall–Kier alpha value is -3.02. The highest BCUT2D eigenvalue weighted by molar-refractivity contribution is 5.94. The summed E-state index contributed by atoms with van der Waals surface area (Å²) in [5.41, 5.74) is 2.72. The van der Waals surface area contributed by atoms with Gasteiger partial charge in [-0.05, 0) is 42.3 Å². The molecule has 3 rings (SSSR count). The number of carbonyl (C=O) groups excluding carboxylic acids is 1. The van der Waals surface area contributed by atoms with Crippen molar-refractivity contribution in [2.24, 2.45) is 5.92 Å². The van der Waals surface area contributed by atoms with Gasteiger partial charge in [0.25, 0.3) is 0 Å². The number of hydrogen-bond acceptors (Lipinski definition) is 4. The van der Waals surface area contributed by atoms with E-state index in [-0.39, 0.29) is 17.6 Å². The van der Waals surface area contributed by atoms with Crippen LogP contribution in [0.4, 0.5) is 15.9 Å². The number of aromatic nitrogens is 2. The Labute approximate surface area is 158 Å². The van der Waals surface area contributed by atoms with Crippen molar-refractivity contribution in [3.05, 3.63) is 60.2 Å².